The molecule has 0 amide bonds. The highest BCUT2D eigenvalue weighted by molar-refractivity contribution is 4.98. The number of nitrogens with zero attached hydrogens (tertiary/aromatic N) is 1. The lowest BCUT2D eigenvalue weighted by Crippen LogP contribution is -2.41. The van der Waals surface area contributed by atoms with Gasteiger partial charge in [0.2, 0.25) is 0 Å². The highest BCUT2D eigenvalue weighted by Gasteiger charge is 2.45. The molecule has 14 heavy (non-hydrogen) atoms. The molecule has 0 aromatic heterocycles. The molecule has 3 atom stereocenters. The summed E-state index contributed by atoms with van der Waals surface area (Å²) in [7, 11) is 2.25. The molecule has 1 aliphatic heterocycles. The van der Waals surface area contributed by atoms with Gasteiger partial charge < -0.3 is 0 Å². The van der Waals surface area contributed by atoms with Crippen molar-refractivity contribution in [2.24, 2.45) is 11.8 Å². The van der Waals surface area contributed by atoms with Gasteiger partial charge in [0.05, 0.1) is 0 Å². The lowest BCUT2D eigenvalue weighted by Gasteiger charge is -2.36. The number of hydrazine groups is 1. The molecule has 0 aromatic carbocycles. The number of fused-ring (bicyclic) bond motifs is 1. The maximum absolute atomic E-state index is 3.73. The van der Waals surface area contributed by atoms with E-state index in [4.69, 9.17) is 0 Å². The van der Waals surface area contributed by atoms with Crippen LogP contribution in [0.4, 0.5) is 0 Å². The molecule has 2 nitrogen and oxygen atoms in total. The van der Waals surface area contributed by atoms with Gasteiger partial charge in [0, 0.05) is 19.1 Å². The fraction of sp³-hybridized carbons (Fsp3) is 1.00. The molecule has 3 aliphatic rings. The smallest absolute Gasteiger partial charge is 0.0287 e. The predicted molar refractivity (Wildman–Crippen MR) is 57.8 cm³/mol. The average molecular weight is 194 g/mol. The first-order valence-corrected chi connectivity index (χ1v) is 6.35. The van der Waals surface area contributed by atoms with Gasteiger partial charge in [-0.2, -0.15) is 0 Å². The molecule has 2 aliphatic carbocycles. The Morgan fingerprint density at radius 2 is 1.79 bits per heavy atom. The lowest BCUT2D eigenvalue weighted by molar-refractivity contribution is 0.178. The largest absolute Gasteiger partial charge is 0.251 e. The van der Waals surface area contributed by atoms with Crippen LogP contribution in [0.2, 0.25) is 0 Å². The molecule has 2 saturated carbocycles. The van der Waals surface area contributed by atoms with Crippen LogP contribution in [0.3, 0.4) is 0 Å². The maximum atomic E-state index is 3.73. The highest BCUT2D eigenvalue weighted by Crippen LogP contribution is 2.42. The molecule has 2 heteroatoms. The van der Waals surface area contributed by atoms with E-state index >= 15 is 0 Å². The molecule has 80 valence electrons. The molecule has 0 spiro atoms. The Morgan fingerprint density at radius 3 is 2.50 bits per heavy atom. The minimum Gasteiger partial charge on any atom is -0.251 e. The van der Waals surface area contributed by atoms with Crippen molar-refractivity contribution >= 4 is 0 Å². The van der Waals surface area contributed by atoms with Gasteiger partial charge in [-0.1, -0.05) is 19.3 Å². The molecular weight excluding hydrogens is 172 g/mol. The van der Waals surface area contributed by atoms with Gasteiger partial charge in [0.15, 0.2) is 0 Å². The Balaban J connectivity index is 1.73. The van der Waals surface area contributed by atoms with Crippen LogP contribution in [0.5, 0.6) is 0 Å². The summed E-state index contributed by atoms with van der Waals surface area (Å²) in [4.78, 5) is 0. The van der Waals surface area contributed by atoms with Crippen LogP contribution in [0.1, 0.15) is 44.9 Å². The molecule has 1 N–H and O–H groups in total. The molecule has 1 heterocycles. The van der Waals surface area contributed by atoms with Crippen molar-refractivity contribution in [1.82, 2.24) is 10.4 Å². The predicted octanol–water partition coefficient (Wildman–Crippen LogP) is 2.16. The van der Waals surface area contributed by atoms with E-state index in [0.29, 0.717) is 0 Å². The standard InChI is InChI=1S/C12H22N2/c1-14-11-8-3-2-7-10(11)12(13-14)9-5-4-6-9/h9-13H,2-8H2,1H3. The van der Waals surface area contributed by atoms with Crippen LogP contribution in [0.15, 0.2) is 0 Å². The zero-order chi connectivity index (χ0) is 9.54. The van der Waals surface area contributed by atoms with Gasteiger partial charge in [0.1, 0.15) is 0 Å². The third-order valence-corrected chi connectivity index (χ3v) is 4.75. The topological polar surface area (TPSA) is 15.3 Å². The minimum absolute atomic E-state index is 0.832. The second-order valence-electron chi connectivity index (χ2n) is 5.47. The van der Waals surface area contributed by atoms with E-state index in [0.717, 1.165) is 23.9 Å². The Bertz CT molecular complexity index is 212. The number of hydrogen-bond acceptors (Lipinski definition) is 2. The number of nitrogens with one attached hydrogen (secondary N) is 1. The van der Waals surface area contributed by atoms with Crippen LogP contribution >= 0.6 is 0 Å². The Labute approximate surface area is 87.0 Å². The first-order chi connectivity index (χ1) is 6.86. The van der Waals surface area contributed by atoms with E-state index in [2.05, 4.69) is 17.5 Å². The molecular formula is C12H22N2. The minimum atomic E-state index is 0.832. The van der Waals surface area contributed by atoms with E-state index in [1.807, 2.05) is 0 Å². The third kappa shape index (κ3) is 1.31. The lowest BCUT2D eigenvalue weighted by atomic mass is 9.71. The van der Waals surface area contributed by atoms with E-state index in [1.165, 1.54) is 44.9 Å². The molecule has 0 aromatic rings. The summed E-state index contributed by atoms with van der Waals surface area (Å²) in [6.07, 6.45) is 10.3. The molecule has 0 radical (unpaired) electrons. The maximum Gasteiger partial charge on any atom is 0.0287 e. The highest BCUT2D eigenvalue weighted by atomic mass is 15.5. The third-order valence-electron chi connectivity index (χ3n) is 4.75. The Morgan fingerprint density at radius 1 is 1.00 bits per heavy atom. The second-order valence-corrected chi connectivity index (χ2v) is 5.47. The first kappa shape index (κ1) is 9.17. The number of rotatable bonds is 1. The summed E-state index contributed by atoms with van der Waals surface area (Å²) in [5.41, 5.74) is 3.73. The second kappa shape index (κ2) is 3.49. The van der Waals surface area contributed by atoms with E-state index in [1.54, 1.807) is 0 Å². The van der Waals surface area contributed by atoms with Crippen LogP contribution in [-0.4, -0.2) is 24.1 Å². The average Bonchev–Trinajstić information content (AvgIpc) is 2.43. The summed E-state index contributed by atoms with van der Waals surface area (Å²) in [6, 6.07) is 1.69. The van der Waals surface area contributed by atoms with Crippen LogP contribution in [0, 0.1) is 11.8 Å². The quantitative estimate of drug-likeness (QED) is 0.688. The van der Waals surface area contributed by atoms with Gasteiger partial charge in [-0.05, 0) is 37.5 Å². The van der Waals surface area contributed by atoms with Gasteiger partial charge in [-0.15, -0.1) is 0 Å². The zero-order valence-corrected chi connectivity index (χ0v) is 9.21. The summed E-state index contributed by atoms with van der Waals surface area (Å²) in [6.45, 7) is 0. The molecule has 3 unspecified atom stereocenters. The van der Waals surface area contributed by atoms with Crippen LogP contribution in [-0.2, 0) is 0 Å². The Kier molecular flexibility index (Phi) is 2.29. The van der Waals surface area contributed by atoms with Gasteiger partial charge in [0.25, 0.3) is 0 Å². The Hall–Kier alpha value is -0.0800. The van der Waals surface area contributed by atoms with Crippen LogP contribution < -0.4 is 5.43 Å². The van der Waals surface area contributed by atoms with E-state index < -0.39 is 0 Å². The molecule has 1 saturated heterocycles. The van der Waals surface area contributed by atoms with Gasteiger partial charge >= 0.3 is 0 Å². The SMILES string of the molecule is CN1NC(C2CCC2)C2CCCCC21. The normalized spacial score (nSPS) is 44.8. The zero-order valence-electron chi connectivity index (χ0n) is 9.21. The van der Waals surface area contributed by atoms with Crippen molar-refractivity contribution in [3.05, 3.63) is 0 Å². The fourth-order valence-corrected chi connectivity index (χ4v) is 3.72. The van der Waals surface area contributed by atoms with Crippen molar-refractivity contribution in [2.45, 2.75) is 57.0 Å². The van der Waals surface area contributed by atoms with Crippen molar-refractivity contribution in [3.63, 3.8) is 0 Å². The number of hydrogen-bond donors (Lipinski definition) is 1. The fourth-order valence-electron chi connectivity index (χ4n) is 3.72. The van der Waals surface area contributed by atoms with Gasteiger partial charge in [-0.25, -0.2) is 5.01 Å². The van der Waals surface area contributed by atoms with E-state index in [9.17, 15) is 0 Å². The van der Waals surface area contributed by atoms with Crippen molar-refractivity contribution in [1.29, 1.82) is 0 Å². The van der Waals surface area contributed by atoms with Gasteiger partial charge in [-0.3, -0.25) is 5.43 Å². The van der Waals surface area contributed by atoms with Crippen molar-refractivity contribution < 1.29 is 0 Å². The monoisotopic (exact) mass is 194 g/mol. The van der Waals surface area contributed by atoms with Crippen molar-refractivity contribution in [3.8, 4) is 0 Å². The summed E-state index contributed by atoms with van der Waals surface area (Å²) < 4.78 is 0. The summed E-state index contributed by atoms with van der Waals surface area (Å²) in [5.74, 6) is 1.98. The first-order valence-electron chi connectivity index (χ1n) is 6.35. The van der Waals surface area contributed by atoms with E-state index in [-0.39, 0.29) is 0 Å². The van der Waals surface area contributed by atoms with Crippen LogP contribution in [0.25, 0.3) is 0 Å². The van der Waals surface area contributed by atoms with Crippen molar-refractivity contribution in [2.75, 3.05) is 7.05 Å². The molecule has 3 fully saturated rings. The molecule has 3 rings (SSSR count). The summed E-state index contributed by atoms with van der Waals surface area (Å²) >= 11 is 0. The molecule has 0 bridgehead atoms. The summed E-state index contributed by atoms with van der Waals surface area (Å²) in [5, 5.41) is 2.42.